The number of amides is 1. The number of nitrogens with one attached hydrogen (secondary N) is 1. The Bertz CT molecular complexity index is 456. The number of hydrogen-bond acceptors (Lipinski definition) is 4. The number of nitro groups is 1. The van der Waals surface area contributed by atoms with Gasteiger partial charge in [-0.3, -0.25) is 14.9 Å². The summed E-state index contributed by atoms with van der Waals surface area (Å²) in [7, 11) is 0. The molecule has 6 heteroatoms. The number of nitro benzene ring substituents is 1. The van der Waals surface area contributed by atoms with Crippen molar-refractivity contribution in [2.24, 2.45) is 11.7 Å². The van der Waals surface area contributed by atoms with Crippen LogP contribution in [0.2, 0.25) is 0 Å². The van der Waals surface area contributed by atoms with Gasteiger partial charge in [-0.15, -0.1) is 0 Å². The van der Waals surface area contributed by atoms with Crippen LogP contribution in [0.4, 0.5) is 11.4 Å². The van der Waals surface area contributed by atoms with Crippen LogP contribution in [0.25, 0.3) is 0 Å². The molecule has 0 heterocycles. The Balaban J connectivity index is 2.95. The van der Waals surface area contributed by atoms with Crippen molar-refractivity contribution in [1.29, 1.82) is 0 Å². The molecule has 1 aromatic rings. The van der Waals surface area contributed by atoms with Gasteiger partial charge in [-0.2, -0.15) is 0 Å². The molecule has 0 aromatic heterocycles. The summed E-state index contributed by atoms with van der Waals surface area (Å²) < 4.78 is 0. The molecular formula is C12H17N3O3. The Hall–Kier alpha value is -1.95. The Morgan fingerprint density at radius 3 is 2.72 bits per heavy atom. The monoisotopic (exact) mass is 251 g/mol. The van der Waals surface area contributed by atoms with Gasteiger partial charge in [0.25, 0.3) is 5.69 Å². The molecule has 1 atom stereocenters. The summed E-state index contributed by atoms with van der Waals surface area (Å²) in [5.74, 6) is -0.479. The van der Waals surface area contributed by atoms with E-state index in [-0.39, 0.29) is 24.1 Å². The molecule has 98 valence electrons. The van der Waals surface area contributed by atoms with Gasteiger partial charge in [0.1, 0.15) is 0 Å². The van der Waals surface area contributed by atoms with Crippen LogP contribution in [0.15, 0.2) is 18.2 Å². The zero-order valence-corrected chi connectivity index (χ0v) is 10.5. The van der Waals surface area contributed by atoms with Crippen LogP contribution in [0.5, 0.6) is 0 Å². The number of benzene rings is 1. The maximum Gasteiger partial charge on any atom is 0.274 e. The topological polar surface area (TPSA) is 98.3 Å². The lowest BCUT2D eigenvalue weighted by Gasteiger charge is -2.14. The summed E-state index contributed by atoms with van der Waals surface area (Å²) in [5.41, 5.74) is 6.39. The predicted octanol–water partition coefficient (Wildman–Crippen LogP) is 1.83. The average molecular weight is 251 g/mol. The molecule has 0 bridgehead atoms. The van der Waals surface area contributed by atoms with Crippen LogP contribution < -0.4 is 11.1 Å². The highest BCUT2D eigenvalue weighted by Crippen LogP contribution is 2.25. The standard InChI is InChI=1S/C12H17N3O3/c1-3-9(7-13)12(16)14-10-5-4-6-11(8(10)2)15(17)18/h4-6,9H,3,7,13H2,1-2H3,(H,14,16). The Morgan fingerprint density at radius 1 is 1.56 bits per heavy atom. The smallest absolute Gasteiger partial charge is 0.274 e. The molecule has 0 radical (unpaired) electrons. The normalized spacial score (nSPS) is 11.9. The van der Waals surface area contributed by atoms with Crippen molar-refractivity contribution in [2.75, 3.05) is 11.9 Å². The van der Waals surface area contributed by atoms with E-state index in [1.165, 1.54) is 6.07 Å². The summed E-state index contributed by atoms with van der Waals surface area (Å²) in [6.45, 7) is 3.74. The third-order valence-corrected chi connectivity index (χ3v) is 2.91. The zero-order valence-electron chi connectivity index (χ0n) is 10.5. The van der Waals surface area contributed by atoms with Crippen LogP contribution in [-0.4, -0.2) is 17.4 Å². The SMILES string of the molecule is CCC(CN)C(=O)Nc1cccc([N+](=O)[O-])c1C. The van der Waals surface area contributed by atoms with E-state index in [0.717, 1.165) is 0 Å². The highest BCUT2D eigenvalue weighted by molar-refractivity contribution is 5.93. The predicted molar refractivity (Wildman–Crippen MR) is 69.3 cm³/mol. The molecule has 0 spiro atoms. The van der Waals surface area contributed by atoms with Crippen LogP contribution in [0, 0.1) is 23.0 Å². The van der Waals surface area contributed by atoms with Crippen molar-refractivity contribution in [3.63, 3.8) is 0 Å². The van der Waals surface area contributed by atoms with Gasteiger partial charge in [0.15, 0.2) is 0 Å². The fraction of sp³-hybridized carbons (Fsp3) is 0.417. The zero-order chi connectivity index (χ0) is 13.7. The van der Waals surface area contributed by atoms with E-state index in [9.17, 15) is 14.9 Å². The number of carbonyl (C=O) groups is 1. The first-order chi connectivity index (χ1) is 8.51. The highest BCUT2D eigenvalue weighted by atomic mass is 16.6. The molecule has 1 rings (SSSR count). The molecule has 1 amide bonds. The number of nitrogens with zero attached hydrogens (tertiary/aromatic N) is 1. The van der Waals surface area contributed by atoms with Crippen molar-refractivity contribution in [1.82, 2.24) is 0 Å². The summed E-state index contributed by atoms with van der Waals surface area (Å²) in [4.78, 5) is 22.2. The number of anilines is 1. The van der Waals surface area contributed by atoms with Crippen molar-refractivity contribution in [3.05, 3.63) is 33.9 Å². The maximum absolute atomic E-state index is 11.8. The highest BCUT2D eigenvalue weighted by Gasteiger charge is 2.18. The minimum Gasteiger partial charge on any atom is -0.330 e. The maximum atomic E-state index is 11.8. The first-order valence-electron chi connectivity index (χ1n) is 5.76. The minimum atomic E-state index is -0.467. The van der Waals surface area contributed by atoms with E-state index in [1.807, 2.05) is 6.92 Å². The third-order valence-electron chi connectivity index (χ3n) is 2.91. The first kappa shape index (κ1) is 14.1. The molecule has 1 unspecified atom stereocenters. The van der Waals surface area contributed by atoms with E-state index in [1.54, 1.807) is 19.1 Å². The summed E-state index contributed by atoms with van der Waals surface area (Å²) in [6, 6.07) is 4.60. The van der Waals surface area contributed by atoms with Crippen LogP contribution in [0.3, 0.4) is 0 Å². The van der Waals surface area contributed by atoms with E-state index in [0.29, 0.717) is 17.7 Å². The lowest BCUT2D eigenvalue weighted by atomic mass is 10.1. The summed E-state index contributed by atoms with van der Waals surface area (Å²) in [6.07, 6.45) is 0.635. The van der Waals surface area contributed by atoms with Gasteiger partial charge < -0.3 is 11.1 Å². The van der Waals surface area contributed by atoms with Gasteiger partial charge in [0, 0.05) is 12.6 Å². The molecular weight excluding hydrogens is 234 g/mol. The molecule has 3 N–H and O–H groups in total. The molecule has 0 aliphatic carbocycles. The van der Waals surface area contributed by atoms with Crippen molar-refractivity contribution < 1.29 is 9.72 Å². The molecule has 6 nitrogen and oxygen atoms in total. The average Bonchev–Trinajstić information content (AvgIpc) is 2.33. The molecule has 18 heavy (non-hydrogen) atoms. The van der Waals surface area contributed by atoms with Gasteiger partial charge in [0.05, 0.1) is 22.1 Å². The Morgan fingerprint density at radius 2 is 2.22 bits per heavy atom. The van der Waals surface area contributed by atoms with E-state index in [2.05, 4.69) is 5.32 Å². The summed E-state index contributed by atoms with van der Waals surface area (Å²) in [5, 5.41) is 13.5. The van der Waals surface area contributed by atoms with E-state index < -0.39 is 4.92 Å². The lowest BCUT2D eigenvalue weighted by Crippen LogP contribution is -2.28. The molecule has 0 fully saturated rings. The van der Waals surface area contributed by atoms with E-state index in [4.69, 9.17) is 5.73 Å². The largest absolute Gasteiger partial charge is 0.330 e. The second-order valence-corrected chi connectivity index (χ2v) is 4.04. The molecule has 0 saturated carbocycles. The van der Waals surface area contributed by atoms with Crippen LogP contribution in [-0.2, 0) is 4.79 Å². The van der Waals surface area contributed by atoms with Gasteiger partial charge in [-0.05, 0) is 19.4 Å². The van der Waals surface area contributed by atoms with Crippen LogP contribution >= 0.6 is 0 Å². The third kappa shape index (κ3) is 3.04. The number of hydrogen-bond donors (Lipinski definition) is 2. The second-order valence-electron chi connectivity index (χ2n) is 4.04. The molecule has 0 aliphatic heterocycles. The lowest BCUT2D eigenvalue weighted by molar-refractivity contribution is -0.385. The Kier molecular flexibility index (Phi) is 4.79. The number of carbonyl (C=O) groups excluding carboxylic acids is 1. The summed E-state index contributed by atoms with van der Waals surface area (Å²) >= 11 is 0. The fourth-order valence-electron chi connectivity index (χ4n) is 1.65. The molecule has 0 aliphatic rings. The Labute approximate surface area is 105 Å². The van der Waals surface area contributed by atoms with Crippen molar-refractivity contribution in [2.45, 2.75) is 20.3 Å². The molecule has 0 saturated heterocycles. The number of rotatable bonds is 5. The number of nitrogens with two attached hydrogens (primary N) is 1. The second kappa shape index (κ2) is 6.11. The minimum absolute atomic E-state index is 0.00593. The van der Waals surface area contributed by atoms with Gasteiger partial charge in [0.2, 0.25) is 5.91 Å². The van der Waals surface area contributed by atoms with Gasteiger partial charge in [-0.1, -0.05) is 13.0 Å². The first-order valence-corrected chi connectivity index (χ1v) is 5.76. The quantitative estimate of drug-likeness (QED) is 0.616. The van der Waals surface area contributed by atoms with Crippen molar-refractivity contribution in [3.8, 4) is 0 Å². The molecule has 1 aromatic carbocycles. The van der Waals surface area contributed by atoms with Crippen LogP contribution in [0.1, 0.15) is 18.9 Å². The van der Waals surface area contributed by atoms with Gasteiger partial charge in [-0.25, -0.2) is 0 Å². The van der Waals surface area contributed by atoms with E-state index >= 15 is 0 Å². The van der Waals surface area contributed by atoms with Gasteiger partial charge >= 0.3 is 0 Å². The fourth-order valence-corrected chi connectivity index (χ4v) is 1.65. The van der Waals surface area contributed by atoms with Crippen molar-refractivity contribution >= 4 is 17.3 Å².